The maximum atomic E-state index is 12.5. The molecule has 0 bridgehead atoms. The number of rotatable bonds is 4. The number of carbonyl (C=O) groups excluding carboxylic acids is 2. The number of carbonyl (C=O) groups is 2. The maximum absolute atomic E-state index is 12.5. The summed E-state index contributed by atoms with van der Waals surface area (Å²) < 4.78 is 0. The number of nitrogens with zero attached hydrogens (tertiary/aromatic N) is 2. The van der Waals surface area contributed by atoms with Crippen LogP contribution in [0.4, 0.5) is 0 Å². The van der Waals surface area contributed by atoms with Crippen molar-refractivity contribution in [2.24, 2.45) is 0 Å². The van der Waals surface area contributed by atoms with Gasteiger partial charge in [0, 0.05) is 38.9 Å². The standard InChI is InChI=1S/C22H24N2O2S/c1-16(25)23-9-11-24(12-10-23)21(26)15-27-14-19-7-4-6-18-13-17-5-2-3-8-20(17)22(18)19/h2-8H,9-15H2,1H3. The van der Waals surface area contributed by atoms with Crippen molar-refractivity contribution in [3.8, 4) is 11.1 Å². The summed E-state index contributed by atoms with van der Waals surface area (Å²) in [5.41, 5.74) is 6.81. The van der Waals surface area contributed by atoms with Gasteiger partial charge < -0.3 is 9.80 Å². The van der Waals surface area contributed by atoms with E-state index in [2.05, 4.69) is 42.5 Å². The molecule has 0 unspecified atom stereocenters. The summed E-state index contributed by atoms with van der Waals surface area (Å²) >= 11 is 1.68. The summed E-state index contributed by atoms with van der Waals surface area (Å²) in [5.74, 6) is 1.60. The topological polar surface area (TPSA) is 40.6 Å². The summed E-state index contributed by atoms with van der Waals surface area (Å²) in [4.78, 5) is 27.6. The van der Waals surface area contributed by atoms with Crippen LogP contribution in [0.2, 0.25) is 0 Å². The quantitative estimate of drug-likeness (QED) is 0.698. The molecule has 1 fully saturated rings. The van der Waals surface area contributed by atoms with Crippen molar-refractivity contribution in [1.29, 1.82) is 0 Å². The van der Waals surface area contributed by atoms with E-state index in [-0.39, 0.29) is 11.8 Å². The van der Waals surface area contributed by atoms with E-state index in [9.17, 15) is 9.59 Å². The van der Waals surface area contributed by atoms with Crippen LogP contribution in [-0.4, -0.2) is 53.5 Å². The first-order valence-electron chi connectivity index (χ1n) is 9.43. The van der Waals surface area contributed by atoms with Crippen LogP contribution < -0.4 is 0 Å². The number of amides is 2. The van der Waals surface area contributed by atoms with E-state index in [1.807, 2.05) is 9.80 Å². The average molecular weight is 381 g/mol. The molecule has 1 heterocycles. The fraction of sp³-hybridized carbons (Fsp3) is 0.364. The summed E-state index contributed by atoms with van der Waals surface area (Å²) in [6, 6.07) is 15.1. The van der Waals surface area contributed by atoms with Gasteiger partial charge >= 0.3 is 0 Å². The molecule has 0 radical (unpaired) electrons. The van der Waals surface area contributed by atoms with Crippen LogP contribution in [0.25, 0.3) is 11.1 Å². The SMILES string of the molecule is CC(=O)N1CCN(C(=O)CSCc2cccc3c2-c2ccccc2C3)CC1. The highest BCUT2D eigenvalue weighted by molar-refractivity contribution is 7.99. The Labute approximate surface area is 164 Å². The molecule has 4 rings (SSSR count). The van der Waals surface area contributed by atoms with Gasteiger partial charge in [0.1, 0.15) is 0 Å². The van der Waals surface area contributed by atoms with Crippen LogP contribution in [-0.2, 0) is 21.8 Å². The minimum absolute atomic E-state index is 0.0923. The monoisotopic (exact) mass is 380 g/mol. The highest BCUT2D eigenvalue weighted by Crippen LogP contribution is 2.39. The zero-order chi connectivity index (χ0) is 18.8. The molecule has 0 aromatic heterocycles. The normalized spacial score (nSPS) is 15.4. The zero-order valence-corrected chi connectivity index (χ0v) is 16.4. The van der Waals surface area contributed by atoms with Crippen LogP contribution in [0.3, 0.4) is 0 Å². The molecule has 2 aromatic carbocycles. The van der Waals surface area contributed by atoms with Crippen LogP contribution in [0.1, 0.15) is 23.6 Å². The largest absolute Gasteiger partial charge is 0.339 e. The van der Waals surface area contributed by atoms with E-state index >= 15 is 0 Å². The summed E-state index contributed by atoms with van der Waals surface area (Å²) in [6.45, 7) is 4.17. The van der Waals surface area contributed by atoms with E-state index in [0.29, 0.717) is 31.9 Å². The van der Waals surface area contributed by atoms with E-state index < -0.39 is 0 Å². The smallest absolute Gasteiger partial charge is 0.232 e. The first kappa shape index (κ1) is 18.1. The Balaban J connectivity index is 1.36. The molecule has 1 saturated heterocycles. The molecule has 1 aliphatic carbocycles. The predicted molar refractivity (Wildman–Crippen MR) is 110 cm³/mol. The Morgan fingerprint density at radius 1 is 0.926 bits per heavy atom. The molecule has 0 saturated carbocycles. The van der Waals surface area contributed by atoms with Crippen molar-refractivity contribution in [2.75, 3.05) is 31.9 Å². The Kier molecular flexibility index (Phi) is 5.21. The minimum atomic E-state index is 0.0923. The Hall–Kier alpha value is -2.27. The molecule has 27 heavy (non-hydrogen) atoms. The van der Waals surface area contributed by atoms with Crippen LogP contribution >= 0.6 is 11.8 Å². The molecule has 5 heteroatoms. The van der Waals surface area contributed by atoms with E-state index in [0.717, 1.165) is 12.2 Å². The van der Waals surface area contributed by atoms with Gasteiger partial charge in [-0.15, -0.1) is 11.8 Å². The maximum Gasteiger partial charge on any atom is 0.232 e. The molecular formula is C22H24N2O2S. The molecule has 0 N–H and O–H groups in total. The number of benzene rings is 2. The van der Waals surface area contributed by atoms with Gasteiger partial charge in [0.25, 0.3) is 0 Å². The zero-order valence-electron chi connectivity index (χ0n) is 15.6. The lowest BCUT2D eigenvalue weighted by molar-refractivity contribution is -0.136. The van der Waals surface area contributed by atoms with Gasteiger partial charge in [0.05, 0.1) is 5.75 Å². The second-order valence-electron chi connectivity index (χ2n) is 7.16. The first-order valence-corrected chi connectivity index (χ1v) is 10.6. The lowest BCUT2D eigenvalue weighted by atomic mass is 10.0. The fourth-order valence-electron chi connectivity index (χ4n) is 4.00. The first-order chi connectivity index (χ1) is 13.1. The van der Waals surface area contributed by atoms with Crippen molar-refractivity contribution >= 4 is 23.6 Å². The Morgan fingerprint density at radius 3 is 2.41 bits per heavy atom. The van der Waals surface area contributed by atoms with Gasteiger partial charge in [0.2, 0.25) is 11.8 Å². The minimum Gasteiger partial charge on any atom is -0.339 e. The highest BCUT2D eigenvalue weighted by Gasteiger charge is 2.23. The van der Waals surface area contributed by atoms with Crippen molar-refractivity contribution < 1.29 is 9.59 Å². The number of hydrogen-bond donors (Lipinski definition) is 0. The Morgan fingerprint density at radius 2 is 1.63 bits per heavy atom. The number of piperazine rings is 1. The molecule has 0 spiro atoms. The van der Waals surface area contributed by atoms with Gasteiger partial charge in [-0.2, -0.15) is 0 Å². The number of fused-ring (bicyclic) bond motifs is 3. The van der Waals surface area contributed by atoms with Gasteiger partial charge in [-0.1, -0.05) is 42.5 Å². The second-order valence-corrected chi connectivity index (χ2v) is 8.15. The van der Waals surface area contributed by atoms with Crippen LogP contribution in [0.5, 0.6) is 0 Å². The molecule has 2 aliphatic rings. The summed E-state index contributed by atoms with van der Waals surface area (Å²) in [7, 11) is 0. The molecule has 4 nitrogen and oxygen atoms in total. The molecule has 1 aliphatic heterocycles. The van der Waals surface area contributed by atoms with Crippen molar-refractivity contribution in [1.82, 2.24) is 9.80 Å². The van der Waals surface area contributed by atoms with Gasteiger partial charge in [0.15, 0.2) is 0 Å². The molecule has 140 valence electrons. The van der Waals surface area contributed by atoms with Crippen LogP contribution in [0, 0.1) is 0 Å². The third-order valence-electron chi connectivity index (χ3n) is 5.47. The van der Waals surface area contributed by atoms with E-state index in [1.54, 1.807) is 18.7 Å². The molecule has 2 amide bonds. The summed E-state index contributed by atoms with van der Waals surface area (Å²) in [5, 5.41) is 0. The lowest BCUT2D eigenvalue weighted by Gasteiger charge is -2.34. The third-order valence-corrected chi connectivity index (χ3v) is 6.43. The fourth-order valence-corrected chi connectivity index (χ4v) is 4.92. The molecule has 2 aromatic rings. The Bertz CT molecular complexity index is 872. The van der Waals surface area contributed by atoms with Gasteiger partial charge in [-0.3, -0.25) is 9.59 Å². The predicted octanol–water partition coefficient (Wildman–Crippen LogP) is 3.18. The molecule has 0 atom stereocenters. The number of hydrogen-bond acceptors (Lipinski definition) is 3. The van der Waals surface area contributed by atoms with Gasteiger partial charge in [-0.05, 0) is 34.2 Å². The van der Waals surface area contributed by atoms with Crippen molar-refractivity contribution in [2.45, 2.75) is 19.1 Å². The van der Waals surface area contributed by atoms with Crippen molar-refractivity contribution in [3.63, 3.8) is 0 Å². The average Bonchev–Trinajstić information content (AvgIpc) is 3.07. The number of thioether (sulfide) groups is 1. The second kappa shape index (κ2) is 7.77. The van der Waals surface area contributed by atoms with Crippen molar-refractivity contribution in [3.05, 3.63) is 59.2 Å². The van der Waals surface area contributed by atoms with Crippen LogP contribution in [0.15, 0.2) is 42.5 Å². The van der Waals surface area contributed by atoms with E-state index in [1.165, 1.54) is 27.8 Å². The third kappa shape index (κ3) is 3.74. The highest BCUT2D eigenvalue weighted by atomic mass is 32.2. The lowest BCUT2D eigenvalue weighted by Crippen LogP contribution is -2.50. The molecular weight excluding hydrogens is 356 g/mol. The van der Waals surface area contributed by atoms with Gasteiger partial charge in [-0.25, -0.2) is 0 Å². The van der Waals surface area contributed by atoms with E-state index in [4.69, 9.17) is 0 Å². The summed E-state index contributed by atoms with van der Waals surface area (Å²) in [6.07, 6.45) is 1.00.